The average molecular weight is 206 g/mol. The van der Waals surface area contributed by atoms with Gasteiger partial charge in [-0.3, -0.25) is 4.68 Å². The van der Waals surface area contributed by atoms with Gasteiger partial charge in [-0.15, -0.1) is 0 Å². The molecule has 0 saturated carbocycles. The molecule has 0 aliphatic rings. The lowest BCUT2D eigenvalue weighted by atomic mass is 10.1. The van der Waals surface area contributed by atoms with Crippen LogP contribution >= 0.6 is 0 Å². The molecule has 0 aliphatic carbocycles. The second-order valence-corrected chi connectivity index (χ2v) is 3.50. The van der Waals surface area contributed by atoms with Crippen LogP contribution in [0.4, 0.5) is 13.2 Å². The van der Waals surface area contributed by atoms with Crippen molar-refractivity contribution in [3.05, 3.63) is 18.0 Å². The minimum absolute atomic E-state index is 0.0932. The first kappa shape index (κ1) is 11.1. The molecule has 0 aromatic carbocycles. The van der Waals surface area contributed by atoms with Gasteiger partial charge in [0.05, 0.1) is 6.42 Å². The van der Waals surface area contributed by atoms with Crippen LogP contribution in [0.5, 0.6) is 0 Å². The highest BCUT2D eigenvalue weighted by atomic mass is 19.4. The van der Waals surface area contributed by atoms with Crippen LogP contribution in [0.1, 0.15) is 31.9 Å². The summed E-state index contributed by atoms with van der Waals surface area (Å²) in [5.74, 6) is 0.200. The molecule has 0 N–H and O–H groups in total. The second kappa shape index (κ2) is 4.02. The van der Waals surface area contributed by atoms with Gasteiger partial charge in [0.15, 0.2) is 0 Å². The third-order valence-electron chi connectivity index (χ3n) is 1.95. The minimum Gasteiger partial charge on any atom is -0.269 e. The third-order valence-corrected chi connectivity index (χ3v) is 1.95. The Kier molecular flexibility index (Phi) is 3.18. The number of hydrogen-bond acceptors (Lipinski definition) is 1. The quantitative estimate of drug-likeness (QED) is 0.743. The predicted octanol–water partition coefficient (Wildman–Crippen LogP) is 2.96. The van der Waals surface area contributed by atoms with Gasteiger partial charge < -0.3 is 0 Å². The summed E-state index contributed by atoms with van der Waals surface area (Å²) < 4.78 is 37.2. The van der Waals surface area contributed by atoms with Crippen molar-refractivity contribution in [2.24, 2.45) is 0 Å². The number of aryl methyl sites for hydroxylation is 1. The molecule has 2 nitrogen and oxygen atoms in total. The molecule has 0 unspecified atom stereocenters. The zero-order valence-electron chi connectivity index (χ0n) is 8.17. The molecule has 0 atom stereocenters. The maximum atomic E-state index is 11.9. The molecule has 0 saturated heterocycles. The molecule has 0 aliphatic heterocycles. The number of nitrogens with zero attached hydrogens (tertiary/aromatic N) is 2. The summed E-state index contributed by atoms with van der Waals surface area (Å²) in [6.07, 6.45) is -3.40. The van der Waals surface area contributed by atoms with Gasteiger partial charge in [-0.1, -0.05) is 13.8 Å². The molecule has 1 aromatic rings. The highest BCUT2D eigenvalue weighted by Gasteiger charge is 2.27. The minimum atomic E-state index is -4.11. The van der Waals surface area contributed by atoms with Crippen molar-refractivity contribution in [2.45, 2.75) is 38.9 Å². The largest absolute Gasteiger partial charge is 0.390 e. The Balaban J connectivity index is 2.63. The van der Waals surface area contributed by atoms with Crippen LogP contribution in [-0.2, 0) is 6.54 Å². The topological polar surface area (TPSA) is 17.8 Å². The molecule has 14 heavy (non-hydrogen) atoms. The van der Waals surface area contributed by atoms with E-state index in [0.29, 0.717) is 0 Å². The van der Waals surface area contributed by atoms with Gasteiger partial charge in [0, 0.05) is 18.4 Å². The van der Waals surface area contributed by atoms with Gasteiger partial charge in [0.25, 0.3) is 0 Å². The molecule has 0 radical (unpaired) electrons. The van der Waals surface area contributed by atoms with E-state index in [1.807, 2.05) is 13.8 Å². The zero-order valence-corrected chi connectivity index (χ0v) is 8.17. The van der Waals surface area contributed by atoms with Gasteiger partial charge in [-0.05, 0) is 12.0 Å². The van der Waals surface area contributed by atoms with Crippen molar-refractivity contribution in [1.82, 2.24) is 9.78 Å². The number of hydrogen-bond donors (Lipinski definition) is 0. The van der Waals surface area contributed by atoms with Crippen molar-refractivity contribution in [2.75, 3.05) is 0 Å². The lowest BCUT2D eigenvalue weighted by molar-refractivity contribution is -0.137. The highest BCUT2D eigenvalue weighted by molar-refractivity contribution is 5.05. The standard InChI is InChI=1S/C9H13F3N2/c1-7(2)8-3-5-13-14(8)6-4-9(10,11)12/h3,5,7H,4,6H2,1-2H3. The van der Waals surface area contributed by atoms with E-state index in [1.54, 1.807) is 6.07 Å². The molecule has 1 heterocycles. The highest BCUT2D eigenvalue weighted by Crippen LogP contribution is 2.21. The summed E-state index contributed by atoms with van der Waals surface area (Å²) in [7, 11) is 0. The van der Waals surface area contributed by atoms with E-state index in [1.165, 1.54) is 10.9 Å². The molecule has 1 aromatic heterocycles. The summed E-state index contributed by atoms with van der Waals surface area (Å²) in [5, 5.41) is 3.86. The number of rotatable bonds is 3. The van der Waals surface area contributed by atoms with Crippen LogP contribution in [0.25, 0.3) is 0 Å². The van der Waals surface area contributed by atoms with E-state index in [9.17, 15) is 13.2 Å². The van der Waals surface area contributed by atoms with Crippen molar-refractivity contribution in [3.63, 3.8) is 0 Å². The van der Waals surface area contributed by atoms with Gasteiger partial charge in [0.1, 0.15) is 0 Å². The molecule has 5 heteroatoms. The van der Waals surface area contributed by atoms with E-state index in [-0.39, 0.29) is 12.5 Å². The summed E-state index contributed by atoms with van der Waals surface area (Å²) in [5.41, 5.74) is 0.842. The van der Waals surface area contributed by atoms with Crippen LogP contribution in [0.3, 0.4) is 0 Å². The SMILES string of the molecule is CC(C)c1ccnn1CCC(F)(F)F. The first-order valence-electron chi connectivity index (χ1n) is 4.48. The lowest BCUT2D eigenvalue weighted by Gasteiger charge is -2.11. The fourth-order valence-electron chi connectivity index (χ4n) is 1.25. The third kappa shape index (κ3) is 3.05. The molecule has 80 valence electrons. The first-order chi connectivity index (χ1) is 6.40. The number of alkyl halides is 3. The van der Waals surface area contributed by atoms with E-state index in [0.717, 1.165) is 5.69 Å². The monoisotopic (exact) mass is 206 g/mol. The summed E-state index contributed by atoms with van der Waals surface area (Å²) >= 11 is 0. The summed E-state index contributed by atoms with van der Waals surface area (Å²) in [4.78, 5) is 0. The van der Waals surface area contributed by atoms with Crippen LogP contribution in [-0.4, -0.2) is 16.0 Å². The van der Waals surface area contributed by atoms with Gasteiger partial charge in [0.2, 0.25) is 0 Å². The van der Waals surface area contributed by atoms with Crippen molar-refractivity contribution in [3.8, 4) is 0 Å². The predicted molar refractivity (Wildman–Crippen MR) is 47.0 cm³/mol. The lowest BCUT2D eigenvalue weighted by Crippen LogP contribution is -2.15. The molecule has 1 rings (SSSR count). The Labute approximate surface area is 80.7 Å². The Hall–Kier alpha value is -1.00. The van der Waals surface area contributed by atoms with Gasteiger partial charge in [-0.25, -0.2) is 0 Å². The Bertz CT molecular complexity index is 288. The van der Waals surface area contributed by atoms with E-state index in [2.05, 4.69) is 5.10 Å². The molecule has 0 spiro atoms. The van der Waals surface area contributed by atoms with E-state index in [4.69, 9.17) is 0 Å². The fraction of sp³-hybridized carbons (Fsp3) is 0.667. The van der Waals surface area contributed by atoms with Crippen LogP contribution in [0.15, 0.2) is 12.3 Å². The maximum Gasteiger partial charge on any atom is 0.390 e. The van der Waals surface area contributed by atoms with Crippen molar-refractivity contribution < 1.29 is 13.2 Å². The van der Waals surface area contributed by atoms with Crippen molar-refractivity contribution in [1.29, 1.82) is 0 Å². The molecular formula is C9H13F3N2. The zero-order chi connectivity index (χ0) is 10.8. The van der Waals surface area contributed by atoms with Crippen molar-refractivity contribution >= 4 is 0 Å². The van der Waals surface area contributed by atoms with Crippen LogP contribution in [0.2, 0.25) is 0 Å². The van der Waals surface area contributed by atoms with Crippen LogP contribution < -0.4 is 0 Å². The van der Waals surface area contributed by atoms with E-state index >= 15 is 0 Å². The first-order valence-corrected chi connectivity index (χ1v) is 4.48. The van der Waals surface area contributed by atoms with E-state index < -0.39 is 12.6 Å². The van der Waals surface area contributed by atoms with Gasteiger partial charge in [-0.2, -0.15) is 18.3 Å². The molecule has 0 fully saturated rings. The number of halogens is 3. The Morgan fingerprint density at radius 1 is 1.43 bits per heavy atom. The average Bonchev–Trinajstić information content (AvgIpc) is 2.46. The normalized spacial score (nSPS) is 12.4. The summed E-state index contributed by atoms with van der Waals surface area (Å²) in [6.45, 7) is 3.77. The number of aromatic nitrogens is 2. The smallest absolute Gasteiger partial charge is 0.269 e. The Morgan fingerprint density at radius 2 is 2.07 bits per heavy atom. The van der Waals surface area contributed by atoms with Gasteiger partial charge >= 0.3 is 6.18 Å². The maximum absolute atomic E-state index is 11.9. The fourth-order valence-corrected chi connectivity index (χ4v) is 1.25. The van der Waals surface area contributed by atoms with Crippen LogP contribution in [0, 0.1) is 0 Å². The Morgan fingerprint density at radius 3 is 2.57 bits per heavy atom. The molecular weight excluding hydrogens is 193 g/mol. The molecule has 0 bridgehead atoms. The second-order valence-electron chi connectivity index (χ2n) is 3.50. The molecule has 0 amide bonds. The summed E-state index contributed by atoms with van der Waals surface area (Å²) in [6, 6.07) is 1.75.